The van der Waals surface area contributed by atoms with Crippen molar-refractivity contribution in [2.24, 2.45) is 23.7 Å². The van der Waals surface area contributed by atoms with E-state index in [1.165, 1.54) is 0 Å². The maximum absolute atomic E-state index is 2.39. The van der Waals surface area contributed by atoms with Crippen molar-refractivity contribution in [3.05, 3.63) is 69.9 Å². The fourth-order valence-corrected chi connectivity index (χ4v) is 4.79. The van der Waals surface area contributed by atoms with Gasteiger partial charge in [0.25, 0.3) is 0 Å². The summed E-state index contributed by atoms with van der Waals surface area (Å²) in [6.45, 7) is 14.1. The molecule has 0 bridgehead atoms. The molecular weight excluding hydrogens is 300 g/mol. The van der Waals surface area contributed by atoms with E-state index < -0.39 is 0 Å². The van der Waals surface area contributed by atoms with Gasteiger partial charge in [0.15, 0.2) is 0 Å². The highest BCUT2D eigenvalue weighted by atomic mass is 14.4. The minimum absolute atomic E-state index is 0.507. The Morgan fingerprint density at radius 2 is 0.800 bits per heavy atom. The molecule has 0 aromatic rings. The Bertz CT molecular complexity index is 611. The second-order valence-corrected chi connectivity index (χ2v) is 8.66. The number of hydrogen-bond acceptors (Lipinski definition) is 0. The predicted molar refractivity (Wildman–Crippen MR) is 110 cm³/mol. The van der Waals surface area contributed by atoms with Gasteiger partial charge in [0.05, 0.1) is 0 Å². The van der Waals surface area contributed by atoms with Crippen LogP contribution in [0.25, 0.3) is 0 Å². The highest BCUT2D eigenvalue weighted by molar-refractivity contribution is 5.53. The van der Waals surface area contributed by atoms with Crippen LogP contribution in [-0.4, -0.2) is 0 Å². The summed E-state index contributed by atoms with van der Waals surface area (Å²) in [5.74, 6) is 2.32. The van der Waals surface area contributed by atoms with Gasteiger partial charge in [-0.05, 0) is 53.7 Å². The fraction of sp³-hybridized carbons (Fsp3) is 0.520. The molecule has 3 aliphatic carbocycles. The zero-order valence-electron chi connectivity index (χ0n) is 16.9. The summed E-state index contributed by atoms with van der Waals surface area (Å²) >= 11 is 0. The molecular formula is C25H34. The molecule has 0 aliphatic heterocycles. The van der Waals surface area contributed by atoms with Crippen molar-refractivity contribution in [2.45, 2.75) is 60.8 Å². The molecule has 0 spiro atoms. The lowest BCUT2D eigenvalue weighted by molar-refractivity contribution is 0.678. The topological polar surface area (TPSA) is 0 Å². The van der Waals surface area contributed by atoms with Crippen LogP contribution in [-0.2, 0) is 0 Å². The van der Waals surface area contributed by atoms with E-state index in [0.29, 0.717) is 23.7 Å². The lowest BCUT2D eigenvalue weighted by Crippen LogP contribution is -2.16. The van der Waals surface area contributed by atoms with E-state index in [9.17, 15) is 0 Å². The lowest BCUT2D eigenvalue weighted by atomic mass is 9.75. The van der Waals surface area contributed by atoms with Gasteiger partial charge in [0, 0.05) is 5.92 Å². The van der Waals surface area contributed by atoms with Gasteiger partial charge in [-0.2, -0.15) is 0 Å². The predicted octanol–water partition coefficient (Wildman–Crippen LogP) is 7.34. The first-order chi connectivity index (χ1) is 11.9. The van der Waals surface area contributed by atoms with Gasteiger partial charge in [-0.1, -0.05) is 94.7 Å². The van der Waals surface area contributed by atoms with E-state index in [2.05, 4.69) is 78.0 Å². The summed E-state index contributed by atoms with van der Waals surface area (Å²) < 4.78 is 0. The molecule has 0 heteroatoms. The molecule has 0 fully saturated rings. The van der Waals surface area contributed by atoms with E-state index in [1.807, 2.05) is 0 Å². The minimum Gasteiger partial charge on any atom is -0.0801 e. The van der Waals surface area contributed by atoms with Crippen LogP contribution in [0.5, 0.6) is 0 Å². The number of allylic oxidation sites excluding steroid dienone is 12. The van der Waals surface area contributed by atoms with E-state index in [1.54, 1.807) is 33.4 Å². The van der Waals surface area contributed by atoms with Crippen molar-refractivity contribution in [3.8, 4) is 0 Å². The Labute approximate surface area is 154 Å². The second kappa shape index (κ2) is 7.36. The standard InChI is InChI=1S/C25H34/c1-16(2)19-10-7-13-22(19)25(23-14-8-11-20(23)17(3)4)24-15-9-12-21(24)18(5)6/h7-12,16-18,25H,13-15H2,1-6H3. The maximum atomic E-state index is 2.39. The van der Waals surface area contributed by atoms with Gasteiger partial charge in [0.2, 0.25) is 0 Å². The second-order valence-electron chi connectivity index (χ2n) is 8.66. The highest BCUT2D eigenvalue weighted by Gasteiger charge is 2.32. The summed E-state index contributed by atoms with van der Waals surface area (Å²) in [6.07, 6.45) is 17.7. The van der Waals surface area contributed by atoms with Crippen molar-refractivity contribution in [1.29, 1.82) is 0 Å². The van der Waals surface area contributed by atoms with Crippen molar-refractivity contribution in [2.75, 3.05) is 0 Å². The molecule has 0 saturated heterocycles. The monoisotopic (exact) mass is 334 g/mol. The van der Waals surface area contributed by atoms with Gasteiger partial charge in [-0.25, -0.2) is 0 Å². The summed E-state index contributed by atoms with van der Waals surface area (Å²) in [4.78, 5) is 0. The quantitative estimate of drug-likeness (QED) is 0.476. The zero-order chi connectivity index (χ0) is 18.1. The molecule has 0 atom stereocenters. The molecule has 0 amide bonds. The largest absolute Gasteiger partial charge is 0.0801 e. The van der Waals surface area contributed by atoms with E-state index in [0.717, 1.165) is 19.3 Å². The zero-order valence-corrected chi connectivity index (χ0v) is 16.9. The van der Waals surface area contributed by atoms with Crippen LogP contribution in [0.1, 0.15) is 60.8 Å². The molecule has 0 saturated carbocycles. The van der Waals surface area contributed by atoms with Crippen molar-refractivity contribution in [3.63, 3.8) is 0 Å². The molecule has 0 radical (unpaired) electrons. The number of hydrogen-bond donors (Lipinski definition) is 0. The SMILES string of the molecule is CC(C)C1=C(C(C2=C(C(C)C)C=CC2)C2=C(C(C)C)C=CC2)CC=C1. The summed E-state index contributed by atoms with van der Waals surface area (Å²) in [7, 11) is 0. The molecule has 25 heavy (non-hydrogen) atoms. The highest BCUT2D eigenvalue weighted by Crippen LogP contribution is 2.47. The average molecular weight is 335 g/mol. The molecule has 3 aliphatic rings. The third kappa shape index (κ3) is 3.41. The van der Waals surface area contributed by atoms with E-state index in [-0.39, 0.29) is 0 Å². The molecule has 0 aromatic carbocycles. The first-order valence-corrected chi connectivity index (χ1v) is 10.1. The van der Waals surface area contributed by atoms with Crippen LogP contribution in [0.2, 0.25) is 0 Å². The van der Waals surface area contributed by atoms with Gasteiger partial charge in [0.1, 0.15) is 0 Å². The van der Waals surface area contributed by atoms with Crippen LogP contribution < -0.4 is 0 Å². The Hall–Kier alpha value is -1.56. The van der Waals surface area contributed by atoms with Gasteiger partial charge >= 0.3 is 0 Å². The molecule has 3 rings (SSSR count). The first-order valence-electron chi connectivity index (χ1n) is 10.1. The summed E-state index contributed by atoms with van der Waals surface area (Å²) in [6, 6.07) is 0. The molecule has 0 aromatic heterocycles. The Kier molecular flexibility index (Phi) is 5.37. The number of rotatable bonds is 6. The molecule has 134 valence electrons. The fourth-order valence-electron chi connectivity index (χ4n) is 4.79. The average Bonchev–Trinajstić information content (AvgIpc) is 3.28. The minimum atomic E-state index is 0.507. The summed E-state index contributed by atoms with van der Waals surface area (Å²) in [5.41, 5.74) is 9.75. The maximum Gasteiger partial charge on any atom is 0.0243 e. The van der Waals surface area contributed by atoms with Crippen LogP contribution >= 0.6 is 0 Å². The van der Waals surface area contributed by atoms with E-state index >= 15 is 0 Å². The molecule has 0 heterocycles. The van der Waals surface area contributed by atoms with Crippen LogP contribution in [0.15, 0.2) is 69.9 Å². The third-order valence-corrected chi connectivity index (χ3v) is 5.93. The van der Waals surface area contributed by atoms with Crippen molar-refractivity contribution < 1.29 is 0 Å². The van der Waals surface area contributed by atoms with Crippen LogP contribution in [0, 0.1) is 23.7 Å². The van der Waals surface area contributed by atoms with Gasteiger partial charge < -0.3 is 0 Å². The van der Waals surface area contributed by atoms with Gasteiger partial charge in [-0.3, -0.25) is 0 Å². The molecule has 0 N–H and O–H groups in total. The molecule has 0 nitrogen and oxygen atoms in total. The van der Waals surface area contributed by atoms with Crippen LogP contribution in [0.3, 0.4) is 0 Å². The third-order valence-electron chi connectivity index (χ3n) is 5.93. The summed E-state index contributed by atoms with van der Waals surface area (Å²) in [5, 5.41) is 0. The van der Waals surface area contributed by atoms with Gasteiger partial charge in [-0.15, -0.1) is 0 Å². The normalized spacial score (nSPS) is 20.4. The first kappa shape index (κ1) is 18.2. The molecule has 0 unspecified atom stereocenters. The Balaban J connectivity index is 2.17. The van der Waals surface area contributed by atoms with E-state index in [4.69, 9.17) is 0 Å². The van der Waals surface area contributed by atoms with Crippen molar-refractivity contribution in [1.82, 2.24) is 0 Å². The lowest BCUT2D eigenvalue weighted by Gasteiger charge is -2.29. The van der Waals surface area contributed by atoms with Crippen LogP contribution in [0.4, 0.5) is 0 Å². The Morgan fingerprint density at radius 1 is 0.520 bits per heavy atom. The Morgan fingerprint density at radius 3 is 1.04 bits per heavy atom. The van der Waals surface area contributed by atoms with Crippen molar-refractivity contribution >= 4 is 0 Å². The smallest absolute Gasteiger partial charge is 0.0243 e.